The van der Waals surface area contributed by atoms with Crippen molar-refractivity contribution in [3.63, 3.8) is 0 Å². The highest BCUT2D eigenvalue weighted by atomic mass is 16.2. The van der Waals surface area contributed by atoms with Crippen molar-refractivity contribution in [3.05, 3.63) is 29.3 Å². The molecule has 2 rings (SSSR count). The number of amides is 1. The Hall–Kier alpha value is -1.39. The van der Waals surface area contributed by atoms with Gasteiger partial charge in [0, 0.05) is 31.4 Å². The third kappa shape index (κ3) is 3.81. The molecule has 1 heterocycles. The number of piperazine rings is 1. The third-order valence-electron chi connectivity index (χ3n) is 3.82. The SMILES string of the molecule is CCc1cccc(C)c1NC(=O)CN1CCNC(C)C1. The van der Waals surface area contributed by atoms with Crippen LogP contribution in [0.3, 0.4) is 0 Å². The minimum Gasteiger partial charge on any atom is -0.324 e. The van der Waals surface area contributed by atoms with Crippen LogP contribution in [0.5, 0.6) is 0 Å². The number of hydrogen-bond acceptors (Lipinski definition) is 3. The van der Waals surface area contributed by atoms with Gasteiger partial charge in [-0.1, -0.05) is 25.1 Å². The number of carbonyl (C=O) groups excluding carboxylic acids is 1. The minimum atomic E-state index is 0.0862. The molecule has 1 aliphatic heterocycles. The summed E-state index contributed by atoms with van der Waals surface area (Å²) in [6.45, 7) is 9.61. The van der Waals surface area contributed by atoms with Crippen LogP contribution in [0.2, 0.25) is 0 Å². The molecule has 0 spiro atoms. The first-order valence-corrected chi connectivity index (χ1v) is 7.44. The lowest BCUT2D eigenvalue weighted by Gasteiger charge is -2.31. The van der Waals surface area contributed by atoms with Gasteiger partial charge >= 0.3 is 0 Å². The number of para-hydroxylation sites is 1. The zero-order valence-electron chi connectivity index (χ0n) is 12.7. The maximum Gasteiger partial charge on any atom is 0.238 e. The maximum absolute atomic E-state index is 12.2. The second kappa shape index (κ2) is 6.86. The van der Waals surface area contributed by atoms with E-state index in [2.05, 4.69) is 35.4 Å². The summed E-state index contributed by atoms with van der Waals surface area (Å²) in [7, 11) is 0. The van der Waals surface area contributed by atoms with E-state index in [-0.39, 0.29) is 5.91 Å². The van der Waals surface area contributed by atoms with E-state index >= 15 is 0 Å². The van der Waals surface area contributed by atoms with Crippen LogP contribution >= 0.6 is 0 Å². The van der Waals surface area contributed by atoms with Gasteiger partial charge < -0.3 is 10.6 Å². The predicted octanol–water partition coefficient (Wildman–Crippen LogP) is 1.79. The quantitative estimate of drug-likeness (QED) is 0.880. The van der Waals surface area contributed by atoms with E-state index in [9.17, 15) is 4.79 Å². The number of aryl methyl sites for hydroxylation is 2. The topological polar surface area (TPSA) is 44.4 Å². The normalized spacial score (nSPS) is 19.9. The van der Waals surface area contributed by atoms with Crippen molar-refractivity contribution >= 4 is 11.6 Å². The average Bonchev–Trinajstić information content (AvgIpc) is 2.41. The Bertz CT molecular complexity index is 473. The van der Waals surface area contributed by atoms with Crippen molar-refractivity contribution < 1.29 is 4.79 Å². The van der Waals surface area contributed by atoms with Crippen LogP contribution in [-0.4, -0.2) is 43.0 Å². The van der Waals surface area contributed by atoms with Gasteiger partial charge in [-0.2, -0.15) is 0 Å². The van der Waals surface area contributed by atoms with E-state index in [1.807, 2.05) is 19.1 Å². The van der Waals surface area contributed by atoms with Gasteiger partial charge in [0.1, 0.15) is 0 Å². The van der Waals surface area contributed by atoms with Crippen molar-refractivity contribution in [1.82, 2.24) is 10.2 Å². The van der Waals surface area contributed by atoms with E-state index in [1.165, 1.54) is 5.56 Å². The maximum atomic E-state index is 12.2. The molecule has 0 bridgehead atoms. The Morgan fingerprint density at radius 2 is 2.30 bits per heavy atom. The monoisotopic (exact) mass is 275 g/mol. The Balaban J connectivity index is 1.98. The first-order valence-electron chi connectivity index (χ1n) is 7.44. The van der Waals surface area contributed by atoms with Gasteiger partial charge in [0.2, 0.25) is 5.91 Å². The summed E-state index contributed by atoms with van der Waals surface area (Å²) >= 11 is 0. The molecule has 0 aromatic heterocycles. The Kier molecular flexibility index (Phi) is 5.15. The van der Waals surface area contributed by atoms with Crippen LogP contribution in [0.15, 0.2) is 18.2 Å². The van der Waals surface area contributed by atoms with E-state index in [1.54, 1.807) is 0 Å². The third-order valence-corrected chi connectivity index (χ3v) is 3.82. The minimum absolute atomic E-state index is 0.0862. The van der Waals surface area contributed by atoms with Gasteiger partial charge in [0.25, 0.3) is 0 Å². The van der Waals surface area contributed by atoms with Gasteiger partial charge in [-0.15, -0.1) is 0 Å². The Labute approximate surface area is 121 Å². The smallest absolute Gasteiger partial charge is 0.238 e. The second-order valence-electron chi connectivity index (χ2n) is 5.60. The summed E-state index contributed by atoms with van der Waals surface area (Å²) in [4.78, 5) is 14.4. The summed E-state index contributed by atoms with van der Waals surface area (Å²) in [6.07, 6.45) is 0.933. The molecule has 1 fully saturated rings. The lowest BCUT2D eigenvalue weighted by atomic mass is 10.1. The lowest BCUT2D eigenvalue weighted by molar-refractivity contribution is -0.117. The highest BCUT2D eigenvalue weighted by molar-refractivity contribution is 5.93. The molecule has 1 saturated heterocycles. The highest BCUT2D eigenvalue weighted by Gasteiger charge is 2.18. The van der Waals surface area contributed by atoms with E-state index < -0.39 is 0 Å². The molecule has 0 radical (unpaired) electrons. The molecule has 1 aromatic rings. The second-order valence-corrected chi connectivity index (χ2v) is 5.60. The fraction of sp³-hybridized carbons (Fsp3) is 0.562. The molecule has 4 nitrogen and oxygen atoms in total. The molecule has 1 aliphatic rings. The van der Waals surface area contributed by atoms with Gasteiger partial charge in [0.05, 0.1) is 6.54 Å². The van der Waals surface area contributed by atoms with Crippen LogP contribution in [0.1, 0.15) is 25.0 Å². The summed E-state index contributed by atoms with van der Waals surface area (Å²) < 4.78 is 0. The van der Waals surface area contributed by atoms with Gasteiger partial charge in [-0.25, -0.2) is 0 Å². The van der Waals surface area contributed by atoms with Crippen molar-refractivity contribution in [2.75, 3.05) is 31.5 Å². The average molecular weight is 275 g/mol. The summed E-state index contributed by atoms with van der Waals surface area (Å²) in [5.74, 6) is 0.0862. The van der Waals surface area contributed by atoms with Crippen LogP contribution in [0.4, 0.5) is 5.69 Å². The predicted molar refractivity (Wildman–Crippen MR) is 83.1 cm³/mol. The number of hydrogen-bond donors (Lipinski definition) is 2. The number of nitrogens with one attached hydrogen (secondary N) is 2. The van der Waals surface area contributed by atoms with Crippen LogP contribution < -0.4 is 10.6 Å². The van der Waals surface area contributed by atoms with Crippen LogP contribution in [-0.2, 0) is 11.2 Å². The van der Waals surface area contributed by atoms with Crippen molar-refractivity contribution in [2.45, 2.75) is 33.2 Å². The van der Waals surface area contributed by atoms with Crippen molar-refractivity contribution in [1.29, 1.82) is 0 Å². The molecule has 110 valence electrons. The Morgan fingerprint density at radius 3 is 3.00 bits per heavy atom. The fourth-order valence-corrected chi connectivity index (χ4v) is 2.74. The van der Waals surface area contributed by atoms with E-state index in [4.69, 9.17) is 0 Å². The standard InChI is InChI=1S/C16H25N3O/c1-4-14-7-5-6-12(2)16(14)18-15(20)11-19-9-8-17-13(3)10-19/h5-7,13,17H,4,8-11H2,1-3H3,(H,18,20). The molecule has 1 atom stereocenters. The zero-order chi connectivity index (χ0) is 14.5. The fourth-order valence-electron chi connectivity index (χ4n) is 2.74. The molecule has 1 aromatic carbocycles. The molecule has 4 heteroatoms. The number of nitrogens with zero attached hydrogens (tertiary/aromatic N) is 1. The van der Waals surface area contributed by atoms with Crippen molar-refractivity contribution in [2.24, 2.45) is 0 Å². The molecule has 20 heavy (non-hydrogen) atoms. The van der Waals surface area contributed by atoms with E-state index in [0.717, 1.165) is 37.3 Å². The van der Waals surface area contributed by atoms with Gasteiger partial charge in [-0.05, 0) is 31.4 Å². The number of anilines is 1. The largest absolute Gasteiger partial charge is 0.324 e. The van der Waals surface area contributed by atoms with Gasteiger partial charge in [-0.3, -0.25) is 9.69 Å². The molecule has 0 aliphatic carbocycles. The molecule has 1 unspecified atom stereocenters. The molecule has 2 N–H and O–H groups in total. The molecular weight excluding hydrogens is 250 g/mol. The zero-order valence-corrected chi connectivity index (χ0v) is 12.7. The summed E-state index contributed by atoms with van der Waals surface area (Å²) in [5.41, 5.74) is 3.32. The number of carbonyl (C=O) groups is 1. The summed E-state index contributed by atoms with van der Waals surface area (Å²) in [6, 6.07) is 6.63. The summed E-state index contributed by atoms with van der Waals surface area (Å²) in [5, 5.41) is 6.48. The number of benzene rings is 1. The molecule has 0 saturated carbocycles. The first kappa shape index (κ1) is 15.0. The first-order chi connectivity index (χ1) is 9.60. The van der Waals surface area contributed by atoms with Crippen molar-refractivity contribution in [3.8, 4) is 0 Å². The Morgan fingerprint density at radius 1 is 1.50 bits per heavy atom. The highest BCUT2D eigenvalue weighted by Crippen LogP contribution is 2.21. The molecule has 1 amide bonds. The number of rotatable bonds is 4. The van der Waals surface area contributed by atoms with Crippen LogP contribution in [0.25, 0.3) is 0 Å². The van der Waals surface area contributed by atoms with Gasteiger partial charge in [0.15, 0.2) is 0 Å². The lowest BCUT2D eigenvalue weighted by Crippen LogP contribution is -2.51. The van der Waals surface area contributed by atoms with Crippen LogP contribution in [0, 0.1) is 6.92 Å². The van der Waals surface area contributed by atoms with E-state index in [0.29, 0.717) is 12.6 Å². The molecular formula is C16H25N3O.